The molecule has 3 atom stereocenters. The molecular weight excluding hydrogens is 222 g/mol. The average molecular weight is 247 g/mol. The van der Waals surface area contributed by atoms with Crippen LogP contribution in [0.4, 0.5) is 0 Å². The molecule has 2 rings (SSSR count). The lowest BCUT2D eigenvalue weighted by Gasteiger charge is -2.19. The lowest BCUT2D eigenvalue weighted by molar-refractivity contribution is 0.168. The highest BCUT2D eigenvalue weighted by Crippen LogP contribution is 2.23. The van der Waals surface area contributed by atoms with Crippen molar-refractivity contribution in [3.63, 3.8) is 0 Å². The van der Waals surface area contributed by atoms with Gasteiger partial charge in [-0.2, -0.15) is 0 Å². The molecule has 100 valence electrons. The first-order valence-electron chi connectivity index (χ1n) is 7.22. The van der Waals surface area contributed by atoms with Gasteiger partial charge in [0.15, 0.2) is 0 Å². The van der Waals surface area contributed by atoms with Gasteiger partial charge < -0.3 is 10.4 Å². The van der Waals surface area contributed by atoms with Crippen molar-refractivity contribution in [1.29, 1.82) is 0 Å². The molecule has 0 spiro atoms. The fourth-order valence-electron chi connectivity index (χ4n) is 2.76. The third kappa shape index (κ3) is 4.11. The van der Waals surface area contributed by atoms with Gasteiger partial charge in [-0.15, -0.1) is 0 Å². The van der Waals surface area contributed by atoms with Crippen molar-refractivity contribution in [3.8, 4) is 0 Å². The summed E-state index contributed by atoms with van der Waals surface area (Å²) >= 11 is 0. The van der Waals surface area contributed by atoms with Gasteiger partial charge in [-0.05, 0) is 30.7 Å². The average Bonchev–Trinajstić information content (AvgIpc) is 2.62. The van der Waals surface area contributed by atoms with Crippen molar-refractivity contribution in [2.75, 3.05) is 6.54 Å². The minimum absolute atomic E-state index is 0.383. The van der Waals surface area contributed by atoms with E-state index >= 15 is 0 Å². The Hall–Kier alpha value is -0.860. The maximum atomic E-state index is 10.1. The molecule has 1 fully saturated rings. The Morgan fingerprint density at radius 1 is 1.17 bits per heavy atom. The molecule has 3 unspecified atom stereocenters. The van der Waals surface area contributed by atoms with Crippen molar-refractivity contribution in [1.82, 2.24) is 5.32 Å². The van der Waals surface area contributed by atoms with Crippen LogP contribution in [-0.2, 0) is 0 Å². The molecule has 0 bridgehead atoms. The zero-order valence-corrected chi connectivity index (χ0v) is 11.3. The van der Waals surface area contributed by atoms with Crippen LogP contribution in [0.15, 0.2) is 30.3 Å². The summed E-state index contributed by atoms with van der Waals surface area (Å²) in [4.78, 5) is 0. The van der Waals surface area contributed by atoms with Gasteiger partial charge in [0, 0.05) is 12.6 Å². The molecule has 18 heavy (non-hydrogen) atoms. The van der Waals surface area contributed by atoms with E-state index in [0.29, 0.717) is 12.6 Å². The number of benzene rings is 1. The lowest BCUT2D eigenvalue weighted by Crippen LogP contribution is -2.32. The Balaban J connectivity index is 1.77. The third-order valence-corrected chi connectivity index (χ3v) is 4.04. The van der Waals surface area contributed by atoms with Crippen LogP contribution < -0.4 is 5.32 Å². The van der Waals surface area contributed by atoms with Crippen molar-refractivity contribution in [3.05, 3.63) is 35.9 Å². The molecule has 1 aromatic rings. The molecule has 1 saturated carbocycles. The lowest BCUT2D eigenvalue weighted by atomic mass is 10.0. The van der Waals surface area contributed by atoms with Crippen LogP contribution in [0.3, 0.4) is 0 Å². The zero-order chi connectivity index (χ0) is 12.8. The van der Waals surface area contributed by atoms with E-state index in [4.69, 9.17) is 0 Å². The summed E-state index contributed by atoms with van der Waals surface area (Å²) < 4.78 is 0. The normalized spacial score (nSPS) is 26.6. The van der Waals surface area contributed by atoms with Crippen LogP contribution in [0, 0.1) is 5.92 Å². The van der Waals surface area contributed by atoms with Crippen LogP contribution >= 0.6 is 0 Å². The van der Waals surface area contributed by atoms with E-state index < -0.39 is 0 Å². The summed E-state index contributed by atoms with van der Waals surface area (Å²) in [6.07, 6.45) is 6.12. The Morgan fingerprint density at radius 2 is 1.94 bits per heavy atom. The van der Waals surface area contributed by atoms with Gasteiger partial charge in [0.2, 0.25) is 0 Å². The first-order valence-corrected chi connectivity index (χ1v) is 7.22. The van der Waals surface area contributed by atoms with Crippen LogP contribution in [0.25, 0.3) is 0 Å². The largest absolute Gasteiger partial charge is 0.387 e. The fraction of sp³-hybridized carbons (Fsp3) is 0.625. The molecule has 0 saturated heterocycles. The Morgan fingerprint density at radius 3 is 2.72 bits per heavy atom. The summed E-state index contributed by atoms with van der Waals surface area (Å²) in [5.74, 6) is 0.871. The molecule has 1 aliphatic carbocycles. The molecule has 2 N–H and O–H groups in total. The van der Waals surface area contributed by atoms with Crippen molar-refractivity contribution in [2.24, 2.45) is 5.92 Å². The van der Waals surface area contributed by atoms with Gasteiger partial charge in [0.05, 0.1) is 6.10 Å². The van der Waals surface area contributed by atoms with Gasteiger partial charge in [-0.25, -0.2) is 0 Å². The number of hydrogen-bond donors (Lipinski definition) is 2. The minimum atomic E-state index is -0.383. The number of aliphatic hydroxyl groups is 1. The summed E-state index contributed by atoms with van der Waals surface area (Å²) in [6, 6.07) is 10.5. The predicted molar refractivity (Wildman–Crippen MR) is 75.4 cm³/mol. The van der Waals surface area contributed by atoms with Crippen molar-refractivity contribution >= 4 is 0 Å². The second-order valence-corrected chi connectivity index (χ2v) is 5.65. The van der Waals surface area contributed by atoms with Crippen molar-refractivity contribution < 1.29 is 5.11 Å². The standard InChI is InChI=1S/C16H25NO/c1-13-6-5-9-15(11-10-13)17-12-16(18)14-7-3-2-4-8-14/h2-4,7-8,13,15-18H,5-6,9-12H2,1H3. The molecule has 0 radical (unpaired) electrons. The zero-order valence-electron chi connectivity index (χ0n) is 11.3. The van der Waals surface area contributed by atoms with E-state index in [1.54, 1.807) is 0 Å². The van der Waals surface area contributed by atoms with Crippen LogP contribution in [-0.4, -0.2) is 17.7 Å². The Kier molecular flexibility index (Phi) is 5.21. The quantitative estimate of drug-likeness (QED) is 0.800. The van der Waals surface area contributed by atoms with Gasteiger partial charge in [-0.3, -0.25) is 0 Å². The Bertz CT molecular complexity index is 338. The summed E-state index contributed by atoms with van der Waals surface area (Å²) in [7, 11) is 0. The van der Waals surface area contributed by atoms with E-state index in [2.05, 4.69) is 12.2 Å². The summed E-state index contributed by atoms with van der Waals surface area (Å²) in [6.45, 7) is 3.02. The monoisotopic (exact) mass is 247 g/mol. The SMILES string of the molecule is CC1CCCC(NCC(O)c2ccccc2)CC1. The number of aliphatic hydroxyl groups excluding tert-OH is 1. The Labute approximate surface area is 110 Å². The minimum Gasteiger partial charge on any atom is -0.387 e. The summed E-state index contributed by atoms with van der Waals surface area (Å²) in [5, 5.41) is 13.6. The van der Waals surface area contributed by atoms with E-state index in [-0.39, 0.29) is 6.10 Å². The molecule has 0 amide bonds. The summed E-state index contributed by atoms with van der Waals surface area (Å²) in [5.41, 5.74) is 1.01. The first-order chi connectivity index (χ1) is 8.75. The maximum Gasteiger partial charge on any atom is 0.0914 e. The topological polar surface area (TPSA) is 32.3 Å². The molecule has 0 heterocycles. The van der Waals surface area contributed by atoms with Crippen LogP contribution in [0.5, 0.6) is 0 Å². The fourth-order valence-corrected chi connectivity index (χ4v) is 2.76. The molecule has 2 heteroatoms. The van der Waals surface area contributed by atoms with E-state index in [9.17, 15) is 5.11 Å². The van der Waals surface area contributed by atoms with Gasteiger partial charge in [0.1, 0.15) is 0 Å². The smallest absolute Gasteiger partial charge is 0.0914 e. The number of rotatable bonds is 4. The molecular formula is C16H25NO. The maximum absolute atomic E-state index is 10.1. The van der Waals surface area contributed by atoms with Gasteiger partial charge in [-0.1, -0.05) is 50.1 Å². The van der Waals surface area contributed by atoms with Gasteiger partial charge in [0.25, 0.3) is 0 Å². The highest BCUT2D eigenvalue weighted by atomic mass is 16.3. The number of nitrogens with one attached hydrogen (secondary N) is 1. The second-order valence-electron chi connectivity index (χ2n) is 5.65. The highest BCUT2D eigenvalue weighted by molar-refractivity contribution is 5.17. The molecule has 0 aromatic heterocycles. The molecule has 0 aliphatic heterocycles. The van der Waals surface area contributed by atoms with E-state index in [1.807, 2.05) is 30.3 Å². The van der Waals surface area contributed by atoms with E-state index in [0.717, 1.165) is 11.5 Å². The third-order valence-electron chi connectivity index (χ3n) is 4.04. The molecule has 2 nitrogen and oxygen atoms in total. The second kappa shape index (κ2) is 6.91. The van der Waals surface area contributed by atoms with E-state index in [1.165, 1.54) is 32.1 Å². The first kappa shape index (κ1) is 13.6. The molecule has 1 aliphatic rings. The molecule has 1 aromatic carbocycles. The number of hydrogen-bond acceptors (Lipinski definition) is 2. The predicted octanol–water partition coefficient (Wildman–Crippen LogP) is 3.28. The van der Waals surface area contributed by atoms with Crippen LogP contribution in [0.1, 0.15) is 50.7 Å². The van der Waals surface area contributed by atoms with Crippen LogP contribution in [0.2, 0.25) is 0 Å². The highest BCUT2D eigenvalue weighted by Gasteiger charge is 2.17. The van der Waals surface area contributed by atoms with Crippen molar-refractivity contribution in [2.45, 2.75) is 51.2 Å². The van der Waals surface area contributed by atoms with Gasteiger partial charge >= 0.3 is 0 Å².